The molecule has 1 N–H and O–H groups in total. The summed E-state index contributed by atoms with van der Waals surface area (Å²) < 4.78 is 9.06. The van der Waals surface area contributed by atoms with Crippen molar-refractivity contribution in [3.05, 3.63) is 89.8 Å². The van der Waals surface area contributed by atoms with E-state index in [1.807, 2.05) is 36.4 Å². The molecule has 3 heterocycles. The summed E-state index contributed by atoms with van der Waals surface area (Å²) in [5.41, 5.74) is 2.17. The van der Waals surface area contributed by atoms with E-state index >= 15 is 0 Å². The van der Waals surface area contributed by atoms with Crippen LogP contribution < -0.4 is 10.1 Å². The average molecular weight is 489 g/mol. The smallest absolute Gasteiger partial charge is 0.244 e. The number of carbonyl (C=O) groups is 1. The molecule has 5 rings (SSSR count). The van der Waals surface area contributed by atoms with Crippen LogP contribution in [0.25, 0.3) is 17.5 Å². The van der Waals surface area contributed by atoms with Gasteiger partial charge in [0.05, 0.1) is 18.3 Å². The normalized spacial score (nSPS) is 16.5. The fourth-order valence-electron chi connectivity index (χ4n) is 3.66. The van der Waals surface area contributed by atoms with Crippen LogP contribution in [0.3, 0.4) is 0 Å². The topological polar surface area (TPSA) is 113 Å². The number of amides is 1. The number of fused-ring (bicyclic) bond motifs is 4. The maximum atomic E-state index is 12.9. The molecule has 0 spiro atoms. The van der Waals surface area contributed by atoms with E-state index in [4.69, 9.17) is 16.3 Å². The van der Waals surface area contributed by atoms with Crippen LogP contribution in [0.5, 0.6) is 5.75 Å². The lowest BCUT2D eigenvalue weighted by molar-refractivity contribution is -0.117. The number of nitrogens with one attached hydrogen (secondary N) is 1. The zero-order valence-electron chi connectivity index (χ0n) is 18.5. The number of halogens is 1. The van der Waals surface area contributed by atoms with Gasteiger partial charge in [-0.1, -0.05) is 35.9 Å². The molecular formula is C24H21ClN8O2. The van der Waals surface area contributed by atoms with Crippen LogP contribution in [-0.2, 0) is 4.79 Å². The first-order chi connectivity index (χ1) is 17.2. The zero-order chi connectivity index (χ0) is 24.0. The summed E-state index contributed by atoms with van der Waals surface area (Å²) >= 11 is 6.17. The minimum Gasteiger partial charge on any atom is -0.491 e. The van der Waals surface area contributed by atoms with Gasteiger partial charge in [-0.05, 0) is 59.7 Å². The van der Waals surface area contributed by atoms with Crippen molar-refractivity contribution >= 4 is 23.6 Å². The van der Waals surface area contributed by atoms with E-state index in [0.29, 0.717) is 35.1 Å². The molecule has 1 atom stereocenters. The van der Waals surface area contributed by atoms with Crippen molar-refractivity contribution in [3.8, 4) is 17.1 Å². The second kappa shape index (κ2) is 10.3. The van der Waals surface area contributed by atoms with Gasteiger partial charge in [-0.3, -0.25) is 4.79 Å². The molecule has 0 saturated carbocycles. The molecule has 176 valence electrons. The van der Waals surface area contributed by atoms with Crippen LogP contribution in [0.15, 0.2) is 73.3 Å². The fourth-order valence-corrected chi connectivity index (χ4v) is 3.84. The molecule has 0 unspecified atom stereocenters. The molecular weight excluding hydrogens is 468 g/mol. The Morgan fingerprint density at radius 1 is 1.11 bits per heavy atom. The van der Waals surface area contributed by atoms with Gasteiger partial charge in [0, 0.05) is 16.7 Å². The van der Waals surface area contributed by atoms with Gasteiger partial charge in [-0.25, -0.2) is 9.67 Å². The molecule has 10 nitrogen and oxygen atoms in total. The Morgan fingerprint density at radius 3 is 2.91 bits per heavy atom. The summed E-state index contributed by atoms with van der Waals surface area (Å²) in [6, 6.07) is 12.5. The highest BCUT2D eigenvalue weighted by Gasteiger charge is 2.19. The monoisotopic (exact) mass is 488 g/mol. The Hall–Kier alpha value is -4.31. The Kier molecular flexibility index (Phi) is 6.62. The molecule has 0 fully saturated rings. The second-order valence-corrected chi connectivity index (χ2v) is 8.15. The lowest BCUT2D eigenvalue weighted by Gasteiger charge is -2.14. The van der Waals surface area contributed by atoms with Crippen molar-refractivity contribution < 1.29 is 9.53 Å². The number of hydrogen-bond acceptors (Lipinski definition) is 7. The molecule has 0 radical (unpaired) electrons. The van der Waals surface area contributed by atoms with Crippen molar-refractivity contribution in [1.82, 2.24) is 40.3 Å². The lowest BCUT2D eigenvalue weighted by atomic mass is 10.1. The fraction of sp³-hybridized carbons (Fsp3) is 0.167. The molecule has 4 aromatic rings. The number of carbonyl (C=O) groups excluding carboxylic acids is 1. The van der Waals surface area contributed by atoms with Gasteiger partial charge in [-0.15, -0.1) is 10.2 Å². The molecule has 1 aliphatic heterocycles. The minimum absolute atomic E-state index is 0.293. The van der Waals surface area contributed by atoms with Crippen LogP contribution >= 0.6 is 11.6 Å². The first-order valence-electron chi connectivity index (χ1n) is 11.0. The summed E-state index contributed by atoms with van der Waals surface area (Å²) in [7, 11) is 0. The van der Waals surface area contributed by atoms with Crippen LogP contribution in [0.1, 0.15) is 30.3 Å². The number of aromatic nitrogens is 7. The summed E-state index contributed by atoms with van der Waals surface area (Å²) in [4.78, 5) is 17.3. The van der Waals surface area contributed by atoms with Crippen molar-refractivity contribution in [3.63, 3.8) is 0 Å². The zero-order valence-corrected chi connectivity index (χ0v) is 19.3. The predicted molar refractivity (Wildman–Crippen MR) is 129 cm³/mol. The van der Waals surface area contributed by atoms with Crippen molar-refractivity contribution in [1.29, 1.82) is 0 Å². The SMILES string of the molecule is O=C(/C=C/c1cc(Cl)ccc1-n1cnnn1)N[C@H]1C/C=C/CCOc2ccccc2-n2cnc1n2. The van der Waals surface area contributed by atoms with Gasteiger partial charge in [0.2, 0.25) is 5.91 Å². The first-order valence-corrected chi connectivity index (χ1v) is 11.4. The van der Waals surface area contributed by atoms with E-state index in [9.17, 15) is 4.79 Å². The molecule has 2 aromatic heterocycles. The highest BCUT2D eigenvalue weighted by Crippen LogP contribution is 2.24. The number of tetrazole rings is 1. The lowest BCUT2D eigenvalue weighted by Crippen LogP contribution is -2.27. The van der Waals surface area contributed by atoms with Gasteiger partial charge in [0.1, 0.15) is 24.1 Å². The number of benzene rings is 2. The van der Waals surface area contributed by atoms with Gasteiger partial charge >= 0.3 is 0 Å². The Bertz CT molecular complexity index is 1380. The third-order valence-corrected chi connectivity index (χ3v) is 5.57. The second-order valence-electron chi connectivity index (χ2n) is 7.71. The number of para-hydroxylation sites is 2. The maximum absolute atomic E-state index is 12.9. The van der Waals surface area contributed by atoms with Crippen LogP contribution in [-0.4, -0.2) is 47.5 Å². The average Bonchev–Trinajstić information content (AvgIpc) is 3.57. The van der Waals surface area contributed by atoms with E-state index in [1.165, 1.54) is 17.1 Å². The van der Waals surface area contributed by atoms with E-state index in [-0.39, 0.29) is 5.91 Å². The Morgan fingerprint density at radius 2 is 2.03 bits per heavy atom. The quantitative estimate of drug-likeness (QED) is 0.345. The summed E-state index contributed by atoms with van der Waals surface area (Å²) in [5, 5.41) is 19.4. The number of nitrogens with zero attached hydrogens (tertiary/aromatic N) is 7. The molecule has 2 bridgehead atoms. The van der Waals surface area contributed by atoms with Crippen LogP contribution in [0.2, 0.25) is 5.02 Å². The molecule has 1 aliphatic rings. The predicted octanol–water partition coefficient (Wildman–Crippen LogP) is 3.50. The summed E-state index contributed by atoms with van der Waals surface area (Å²) in [5.74, 6) is 0.934. The molecule has 11 heteroatoms. The third kappa shape index (κ3) is 5.28. The molecule has 2 aromatic carbocycles. The summed E-state index contributed by atoms with van der Waals surface area (Å²) in [6.45, 7) is 0.540. The largest absolute Gasteiger partial charge is 0.491 e. The molecule has 35 heavy (non-hydrogen) atoms. The molecule has 1 amide bonds. The first kappa shape index (κ1) is 22.5. The minimum atomic E-state index is -0.407. The van der Waals surface area contributed by atoms with Gasteiger partial charge < -0.3 is 10.1 Å². The van der Waals surface area contributed by atoms with E-state index in [0.717, 1.165) is 17.9 Å². The standard InChI is InChI=1S/C24H21ClN8O2/c25-18-10-11-20(33-16-27-30-31-33)17(14-18)9-12-23(34)28-19-6-2-1-5-13-35-22-8-4-3-7-21(22)32-15-26-24(19)29-32/h1-4,7-12,14-16,19H,5-6,13H2,(H,28,34)/b2-1+,12-9+/t19-/m0/s1. The number of ether oxygens (including phenoxy) is 1. The van der Waals surface area contributed by atoms with Crippen molar-refractivity contribution in [2.45, 2.75) is 18.9 Å². The highest BCUT2D eigenvalue weighted by molar-refractivity contribution is 6.30. The molecule has 0 aliphatic carbocycles. The van der Waals surface area contributed by atoms with E-state index in [1.54, 1.807) is 35.3 Å². The number of rotatable bonds is 4. The Labute approximate surface area is 205 Å². The van der Waals surface area contributed by atoms with Crippen molar-refractivity contribution in [2.24, 2.45) is 0 Å². The van der Waals surface area contributed by atoms with Gasteiger partial charge in [0.25, 0.3) is 0 Å². The van der Waals surface area contributed by atoms with Gasteiger partial charge in [-0.2, -0.15) is 4.68 Å². The maximum Gasteiger partial charge on any atom is 0.244 e. The van der Waals surface area contributed by atoms with E-state index in [2.05, 4.69) is 30.9 Å². The summed E-state index contributed by atoms with van der Waals surface area (Å²) in [6.07, 6.45) is 11.5. The van der Waals surface area contributed by atoms with Crippen LogP contribution in [0, 0.1) is 0 Å². The van der Waals surface area contributed by atoms with Gasteiger partial charge in [0.15, 0.2) is 5.82 Å². The highest BCUT2D eigenvalue weighted by atomic mass is 35.5. The van der Waals surface area contributed by atoms with Crippen molar-refractivity contribution in [2.75, 3.05) is 6.61 Å². The van der Waals surface area contributed by atoms with Crippen LogP contribution in [0.4, 0.5) is 0 Å². The Balaban J connectivity index is 1.38. The van der Waals surface area contributed by atoms with E-state index < -0.39 is 6.04 Å². The third-order valence-electron chi connectivity index (χ3n) is 5.33. The number of hydrogen-bond donors (Lipinski definition) is 1. The molecule has 0 saturated heterocycles.